The summed E-state index contributed by atoms with van der Waals surface area (Å²) in [5.41, 5.74) is 0.247. The molecular formula is C13H15ClN2O4S. The molecule has 0 amide bonds. The number of anilines is 1. The van der Waals surface area contributed by atoms with Crippen LogP contribution in [0.3, 0.4) is 0 Å². The Morgan fingerprint density at radius 1 is 1.29 bits per heavy atom. The number of benzene rings is 1. The lowest BCUT2D eigenvalue weighted by molar-refractivity contribution is 0.407. The van der Waals surface area contributed by atoms with Gasteiger partial charge in [-0.1, -0.05) is 11.6 Å². The fourth-order valence-electron chi connectivity index (χ4n) is 1.73. The van der Waals surface area contributed by atoms with Gasteiger partial charge >= 0.3 is 0 Å². The summed E-state index contributed by atoms with van der Waals surface area (Å²) in [6.07, 6.45) is 0. The van der Waals surface area contributed by atoms with Crippen molar-refractivity contribution in [2.45, 2.75) is 11.6 Å². The fraction of sp³-hybridized carbons (Fsp3) is 0.231. The van der Waals surface area contributed by atoms with Crippen LogP contribution in [0.1, 0.15) is 5.76 Å². The smallest absolute Gasteiger partial charge is 0.295 e. The van der Waals surface area contributed by atoms with E-state index in [0.717, 1.165) is 0 Å². The molecule has 0 aliphatic heterocycles. The summed E-state index contributed by atoms with van der Waals surface area (Å²) in [6.45, 7) is 0.440. The van der Waals surface area contributed by atoms with E-state index in [9.17, 15) is 8.42 Å². The third-order valence-electron chi connectivity index (χ3n) is 2.66. The Morgan fingerprint density at radius 2 is 2.05 bits per heavy atom. The normalized spacial score (nSPS) is 11.4. The van der Waals surface area contributed by atoms with E-state index in [1.54, 1.807) is 25.2 Å². The minimum Gasteiger partial charge on any atom is -0.495 e. The number of nitrogens with one attached hydrogen (secondary N) is 2. The van der Waals surface area contributed by atoms with E-state index < -0.39 is 10.0 Å². The zero-order valence-corrected chi connectivity index (χ0v) is 13.1. The van der Waals surface area contributed by atoms with Crippen LogP contribution < -0.4 is 14.8 Å². The predicted octanol–water partition coefficient (Wildman–Crippen LogP) is 2.46. The Bertz CT molecular complexity index is 728. The Labute approximate surface area is 128 Å². The molecule has 1 aromatic carbocycles. The van der Waals surface area contributed by atoms with Crippen LogP contribution >= 0.6 is 11.6 Å². The van der Waals surface area contributed by atoms with Crippen LogP contribution in [0, 0.1) is 0 Å². The summed E-state index contributed by atoms with van der Waals surface area (Å²) in [5, 5.41) is 3.10. The number of furan rings is 1. The van der Waals surface area contributed by atoms with Gasteiger partial charge in [0.05, 0.1) is 19.3 Å². The number of halogens is 1. The molecule has 21 heavy (non-hydrogen) atoms. The molecule has 0 bridgehead atoms. The number of sulfonamides is 1. The molecule has 114 valence electrons. The summed E-state index contributed by atoms with van der Waals surface area (Å²) in [6, 6.07) is 7.65. The maximum atomic E-state index is 12.3. The van der Waals surface area contributed by atoms with Crippen LogP contribution in [-0.4, -0.2) is 22.6 Å². The second kappa shape index (κ2) is 6.38. The number of methoxy groups -OCH3 is 1. The molecule has 2 N–H and O–H groups in total. The van der Waals surface area contributed by atoms with Gasteiger partial charge in [0.2, 0.25) is 5.09 Å². The molecule has 0 saturated carbocycles. The third kappa shape index (κ3) is 3.69. The van der Waals surface area contributed by atoms with Crippen molar-refractivity contribution in [3.05, 3.63) is 41.1 Å². The average Bonchev–Trinajstić information content (AvgIpc) is 2.88. The highest BCUT2D eigenvalue weighted by atomic mass is 35.5. The molecule has 0 fully saturated rings. The molecule has 0 radical (unpaired) electrons. The molecule has 0 aliphatic rings. The summed E-state index contributed by atoms with van der Waals surface area (Å²) in [7, 11) is -0.658. The van der Waals surface area contributed by atoms with E-state index in [1.165, 1.54) is 19.2 Å². The van der Waals surface area contributed by atoms with E-state index in [4.69, 9.17) is 20.8 Å². The first kappa shape index (κ1) is 15.7. The van der Waals surface area contributed by atoms with Crippen molar-refractivity contribution in [1.82, 2.24) is 5.32 Å². The molecule has 0 saturated heterocycles. The summed E-state index contributed by atoms with van der Waals surface area (Å²) >= 11 is 5.87. The van der Waals surface area contributed by atoms with Crippen molar-refractivity contribution < 1.29 is 17.6 Å². The number of ether oxygens (including phenoxy) is 1. The second-order valence-electron chi connectivity index (χ2n) is 4.20. The lowest BCUT2D eigenvalue weighted by Crippen LogP contribution is -2.13. The van der Waals surface area contributed by atoms with Crippen molar-refractivity contribution in [2.24, 2.45) is 0 Å². The molecule has 2 aromatic rings. The van der Waals surface area contributed by atoms with Crippen LogP contribution in [0.15, 0.2) is 39.8 Å². The maximum Gasteiger partial charge on any atom is 0.295 e. The van der Waals surface area contributed by atoms with Gasteiger partial charge in [-0.05, 0) is 37.4 Å². The van der Waals surface area contributed by atoms with Gasteiger partial charge in [-0.25, -0.2) is 0 Å². The third-order valence-corrected chi connectivity index (χ3v) is 4.13. The van der Waals surface area contributed by atoms with Gasteiger partial charge in [-0.3, -0.25) is 4.72 Å². The fourth-order valence-corrected chi connectivity index (χ4v) is 2.91. The first-order valence-electron chi connectivity index (χ1n) is 6.06. The minimum absolute atomic E-state index is 0.172. The number of rotatable bonds is 6. The monoisotopic (exact) mass is 330 g/mol. The first-order valence-corrected chi connectivity index (χ1v) is 7.92. The topological polar surface area (TPSA) is 80.6 Å². The highest BCUT2D eigenvalue weighted by molar-refractivity contribution is 7.92. The Morgan fingerprint density at radius 3 is 2.71 bits per heavy atom. The molecule has 0 spiro atoms. The molecule has 0 atom stereocenters. The highest BCUT2D eigenvalue weighted by Crippen LogP contribution is 2.30. The molecular weight excluding hydrogens is 316 g/mol. The van der Waals surface area contributed by atoms with Crippen molar-refractivity contribution in [2.75, 3.05) is 18.9 Å². The van der Waals surface area contributed by atoms with Gasteiger partial charge < -0.3 is 14.5 Å². The molecule has 0 aliphatic carbocycles. The predicted molar refractivity (Wildman–Crippen MR) is 80.3 cm³/mol. The molecule has 2 rings (SSSR count). The maximum absolute atomic E-state index is 12.3. The van der Waals surface area contributed by atoms with Crippen molar-refractivity contribution in [3.8, 4) is 5.75 Å². The first-order chi connectivity index (χ1) is 9.96. The Balaban J connectivity index is 2.30. The van der Waals surface area contributed by atoms with Crippen molar-refractivity contribution in [3.63, 3.8) is 0 Å². The summed E-state index contributed by atoms with van der Waals surface area (Å²) in [4.78, 5) is 0. The van der Waals surface area contributed by atoms with E-state index in [-0.39, 0.29) is 10.8 Å². The summed E-state index contributed by atoms with van der Waals surface area (Å²) in [5.74, 6) is 0.890. The van der Waals surface area contributed by atoms with Crippen molar-refractivity contribution >= 4 is 27.3 Å². The van der Waals surface area contributed by atoms with Crippen LogP contribution in [0.25, 0.3) is 0 Å². The van der Waals surface area contributed by atoms with Crippen LogP contribution in [0.4, 0.5) is 5.69 Å². The van der Waals surface area contributed by atoms with Crippen LogP contribution in [0.2, 0.25) is 5.02 Å². The standard InChI is InChI=1S/C13H15ClN2O4S/c1-15-8-10-4-6-13(20-10)21(17,18)16-11-7-9(14)3-5-12(11)19-2/h3-7,15-16H,8H2,1-2H3. The highest BCUT2D eigenvalue weighted by Gasteiger charge is 2.20. The molecule has 8 heteroatoms. The van der Waals surface area contributed by atoms with Gasteiger partial charge in [0.25, 0.3) is 10.0 Å². The van der Waals surface area contributed by atoms with Gasteiger partial charge in [0.15, 0.2) is 0 Å². The van der Waals surface area contributed by atoms with Gasteiger partial charge in [-0.15, -0.1) is 0 Å². The average molecular weight is 331 g/mol. The van der Waals surface area contributed by atoms with E-state index in [1.807, 2.05) is 0 Å². The Kier molecular flexibility index (Phi) is 4.76. The summed E-state index contributed by atoms with van der Waals surface area (Å²) < 4.78 is 37.3. The van der Waals surface area contributed by atoms with Crippen molar-refractivity contribution in [1.29, 1.82) is 0 Å². The van der Waals surface area contributed by atoms with Gasteiger partial charge in [0.1, 0.15) is 11.5 Å². The Hall–Kier alpha value is -1.70. The van der Waals surface area contributed by atoms with E-state index in [0.29, 0.717) is 23.1 Å². The van der Waals surface area contributed by atoms with Crippen LogP contribution in [0.5, 0.6) is 5.75 Å². The molecule has 6 nitrogen and oxygen atoms in total. The lowest BCUT2D eigenvalue weighted by Gasteiger charge is -2.10. The van der Waals surface area contributed by atoms with E-state index >= 15 is 0 Å². The van der Waals surface area contributed by atoms with Gasteiger partial charge in [-0.2, -0.15) is 8.42 Å². The molecule has 1 heterocycles. The minimum atomic E-state index is -3.84. The SMILES string of the molecule is CNCc1ccc(S(=O)(=O)Nc2cc(Cl)ccc2OC)o1. The van der Waals surface area contributed by atoms with E-state index in [2.05, 4.69) is 10.0 Å². The molecule has 0 unspecified atom stereocenters. The molecule has 1 aromatic heterocycles. The zero-order chi connectivity index (χ0) is 15.5. The van der Waals surface area contributed by atoms with Gasteiger partial charge in [0, 0.05) is 5.02 Å². The lowest BCUT2D eigenvalue weighted by atomic mass is 10.3. The second-order valence-corrected chi connectivity index (χ2v) is 6.25. The van der Waals surface area contributed by atoms with Crippen LogP contribution in [-0.2, 0) is 16.6 Å². The largest absolute Gasteiger partial charge is 0.495 e. The number of hydrogen-bond acceptors (Lipinski definition) is 5. The zero-order valence-electron chi connectivity index (χ0n) is 11.5. The number of hydrogen-bond donors (Lipinski definition) is 2. The quantitative estimate of drug-likeness (QED) is 0.850.